The number of hydrogen-bond donors (Lipinski definition) is 2. The number of amides is 1. The smallest absolute Gasteiger partial charge is 0.416 e. The van der Waals surface area contributed by atoms with Crippen LogP contribution in [0.1, 0.15) is 27.2 Å². The van der Waals surface area contributed by atoms with Gasteiger partial charge in [-0.05, 0) is 24.3 Å². The lowest BCUT2D eigenvalue weighted by Gasteiger charge is -2.14. The van der Waals surface area contributed by atoms with Gasteiger partial charge >= 0.3 is 6.18 Å². The molecule has 6 nitrogen and oxygen atoms in total. The lowest BCUT2D eigenvalue weighted by molar-refractivity contribution is -0.137. The number of benzene rings is 2. The number of aromatic amines is 1. The molecule has 0 saturated carbocycles. The summed E-state index contributed by atoms with van der Waals surface area (Å²) in [4.78, 5) is 18.3. The van der Waals surface area contributed by atoms with E-state index in [2.05, 4.69) is 15.3 Å². The summed E-state index contributed by atoms with van der Waals surface area (Å²) in [6.07, 6.45) is -3.54. The van der Waals surface area contributed by atoms with Crippen molar-refractivity contribution in [2.75, 3.05) is 0 Å². The van der Waals surface area contributed by atoms with Crippen molar-refractivity contribution in [2.24, 2.45) is 0 Å². The summed E-state index contributed by atoms with van der Waals surface area (Å²) >= 11 is 11.7. The molecule has 3 rings (SSSR count). The van der Waals surface area contributed by atoms with E-state index in [9.17, 15) is 22.4 Å². The van der Waals surface area contributed by atoms with E-state index in [1.54, 1.807) is 6.07 Å². The van der Waals surface area contributed by atoms with Crippen LogP contribution in [0.25, 0.3) is 0 Å². The summed E-state index contributed by atoms with van der Waals surface area (Å²) < 4.78 is 59.3. The van der Waals surface area contributed by atoms with Gasteiger partial charge in [-0.2, -0.15) is 18.4 Å². The van der Waals surface area contributed by atoms with Gasteiger partial charge in [-0.15, -0.1) is 0 Å². The highest BCUT2D eigenvalue weighted by Gasteiger charge is 2.32. The van der Waals surface area contributed by atoms with Crippen LogP contribution in [-0.2, 0) is 12.7 Å². The van der Waals surface area contributed by atoms with Gasteiger partial charge in [-0.1, -0.05) is 29.3 Å². The Labute approximate surface area is 182 Å². The lowest BCUT2D eigenvalue weighted by atomic mass is 10.1. The maximum Gasteiger partial charge on any atom is 0.416 e. The molecule has 1 heterocycles. The second-order valence-corrected chi connectivity index (χ2v) is 6.84. The molecule has 0 fully saturated rings. The highest BCUT2D eigenvalue weighted by Crippen LogP contribution is 2.37. The molecule has 1 aromatic heterocycles. The van der Waals surface area contributed by atoms with E-state index < -0.39 is 35.0 Å². The SMILES string of the molecule is N#Cc1cc(Oc2c(Cl)ccc(CNC(=O)c3nc[nH]c3Cl)c2F)cc(C(F)(F)F)c1. The molecule has 0 aliphatic carbocycles. The number of halogens is 6. The Morgan fingerprint density at radius 1 is 1.26 bits per heavy atom. The number of nitrogens with zero attached hydrogens (tertiary/aromatic N) is 2. The molecule has 0 atom stereocenters. The van der Waals surface area contributed by atoms with E-state index in [-0.39, 0.29) is 33.5 Å². The van der Waals surface area contributed by atoms with E-state index in [0.717, 1.165) is 6.07 Å². The van der Waals surface area contributed by atoms with E-state index in [0.29, 0.717) is 12.1 Å². The van der Waals surface area contributed by atoms with Gasteiger partial charge < -0.3 is 15.0 Å². The molecule has 2 N–H and O–H groups in total. The van der Waals surface area contributed by atoms with Gasteiger partial charge in [-0.25, -0.2) is 9.37 Å². The monoisotopic (exact) mass is 472 g/mol. The van der Waals surface area contributed by atoms with E-state index in [1.807, 2.05) is 0 Å². The van der Waals surface area contributed by atoms with Crippen molar-refractivity contribution in [3.8, 4) is 17.6 Å². The van der Waals surface area contributed by atoms with Gasteiger partial charge in [0.25, 0.3) is 5.91 Å². The number of H-pyrrole nitrogens is 1. The number of nitrogens with one attached hydrogen (secondary N) is 2. The summed E-state index contributed by atoms with van der Waals surface area (Å²) in [5, 5.41) is 11.1. The second kappa shape index (κ2) is 8.83. The normalized spacial score (nSPS) is 11.1. The predicted octanol–water partition coefficient (Wildman–Crippen LogP) is 5.47. The largest absolute Gasteiger partial charge is 0.453 e. The van der Waals surface area contributed by atoms with E-state index >= 15 is 0 Å². The number of hydrogen-bond acceptors (Lipinski definition) is 4. The molecular formula is C19H10Cl2F4N4O2. The molecule has 1 amide bonds. The highest BCUT2D eigenvalue weighted by atomic mass is 35.5. The van der Waals surface area contributed by atoms with Crippen molar-refractivity contribution < 1.29 is 27.1 Å². The number of imidazole rings is 1. The Morgan fingerprint density at radius 2 is 2.00 bits per heavy atom. The van der Waals surface area contributed by atoms with Gasteiger partial charge in [0.2, 0.25) is 0 Å². The van der Waals surface area contributed by atoms with Crippen LogP contribution in [0.4, 0.5) is 17.6 Å². The first kappa shape index (κ1) is 22.4. The number of rotatable bonds is 5. The quantitative estimate of drug-likeness (QED) is 0.481. The van der Waals surface area contributed by atoms with Crippen molar-refractivity contribution >= 4 is 29.1 Å². The molecule has 0 saturated heterocycles. The second-order valence-electron chi connectivity index (χ2n) is 6.06. The minimum atomic E-state index is -4.74. The molecule has 3 aromatic rings. The van der Waals surface area contributed by atoms with Crippen LogP contribution in [0.2, 0.25) is 10.2 Å². The molecule has 0 aliphatic rings. The number of carbonyl (C=O) groups is 1. The van der Waals surface area contributed by atoms with Crippen molar-refractivity contribution in [1.29, 1.82) is 5.26 Å². The molecule has 0 radical (unpaired) electrons. The number of alkyl halides is 3. The average molecular weight is 473 g/mol. The fraction of sp³-hybridized carbons (Fsp3) is 0.105. The van der Waals surface area contributed by atoms with Crippen molar-refractivity contribution in [1.82, 2.24) is 15.3 Å². The van der Waals surface area contributed by atoms with Crippen molar-refractivity contribution in [3.05, 3.63) is 75.0 Å². The predicted molar refractivity (Wildman–Crippen MR) is 102 cm³/mol. The number of carbonyl (C=O) groups excluding carboxylic acids is 1. The van der Waals surface area contributed by atoms with Gasteiger partial charge in [0.15, 0.2) is 17.3 Å². The maximum atomic E-state index is 14.9. The van der Waals surface area contributed by atoms with Crippen LogP contribution >= 0.6 is 23.2 Å². The highest BCUT2D eigenvalue weighted by molar-refractivity contribution is 6.32. The summed E-state index contributed by atoms with van der Waals surface area (Å²) in [5.74, 6) is -2.68. The first-order valence-electron chi connectivity index (χ1n) is 8.34. The molecule has 2 aromatic carbocycles. The average Bonchev–Trinajstić information content (AvgIpc) is 3.15. The first-order chi connectivity index (χ1) is 14.6. The van der Waals surface area contributed by atoms with E-state index in [1.165, 1.54) is 18.5 Å². The third kappa shape index (κ3) is 5.07. The van der Waals surface area contributed by atoms with Gasteiger partial charge in [0, 0.05) is 12.1 Å². The molecule has 0 spiro atoms. The van der Waals surface area contributed by atoms with Gasteiger partial charge in [0.1, 0.15) is 10.9 Å². The molecule has 31 heavy (non-hydrogen) atoms. The topological polar surface area (TPSA) is 90.8 Å². The molecule has 0 unspecified atom stereocenters. The zero-order valence-electron chi connectivity index (χ0n) is 15.1. The summed E-state index contributed by atoms with van der Waals surface area (Å²) in [6, 6.07) is 6.37. The summed E-state index contributed by atoms with van der Waals surface area (Å²) in [5.41, 5.74) is -1.63. The first-order valence-corrected chi connectivity index (χ1v) is 9.10. The third-order valence-electron chi connectivity index (χ3n) is 3.96. The van der Waals surface area contributed by atoms with Crippen molar-refractivity contribution in [3.63, 3.8) is 0 Å². The molecule has 0 bridgehead atoms. The fourth-order valence-electron chi connectivity index (χ4n) is 2.50. The third-order valence-corrected chi connectivity index (χ3v) is 4.54. The van der Waals surface area contributed by atoms with Crippen LogP contribution in [-0.4, -0.2) is 15.9 Å². The molecule has 160 valence electrons. The minimum absolute atomic E-state index is 0.00376. The van der Waals surface area contributed by atoms with Gasteiger partial charge in [0.05, 0.1) is 28.5 Å². The summed E-state index contributed by atoms with van der Waals surface area (Å²) in [6.45, 7) is -0.312. The molecule has 0 aliphatic heterocycles. The Kier molecular flexibility index (Phi) is 6.38. The Hall–Kier alpha value is -3.29. The van der Waals surface area contributed by atoms with Crippen LogP contribution in [0.15, 0.2) is 36.7 Å². The number of nitriles is 1. The zero-order valence-corrected chi connectivity index (χ0v) is 16.7. The minimum Gasteiger partial charge on any atom is -0.453 e. The lowest BCUT2D eigenvalue weighted by Crippen LogP contribution is -2.24. The van der Waals surface area contributed by atoms with Gasteiger partial charge in [-0.3, -0.25) is 4.79 Å². The standard InChI is InChI=1S/C19H10Cl2F4N4O2/c20-13-2-1-10(7-27-18(30)15-17(21)29-8-28-15)14(22)16(13)31-12-4-9(6-26)3-11(5-12)19(23,24)25/h1-5,8H,7H2,(H,27,30)(H,28,29). The van der Waals surface area contributed by atoms with Crippen LogP contribution in [0, 0.1) is 17.1 Å². The van der Waals surface area contributed by atoms with E-state index in [4.69, 9.17) is 33.2 Å². The van der Waals surface area contributed by atoms with Crippen LogP contribution in [0.5, 0.6) is 11.5 Å². The Balaban J connectivity index is 1.87. The zero-order chi connectivity index (χ0) is 22.8. The molecular weight excluding hydrogens is 463 g/mol. The van der Waals surface area contributed by atoms with Crippen molar-refractivity contribution in [2.45, 2.75) is 12.7 Å². The molecule has 12 heteroatoms. The van der Waals surface area contributed by atoms with Crippen LogP contribution in [0.3, 0.4) is 0 Å². The maximum absolute atomic E-state index is 14.9. The Bertz CT molecular complexity index is 1190. The fourth-order valence-corrected chi connectivity index (χ4v) is 2.87. The Morgan fingerprint density at radius 3 is 2.61 bits per heavy atom. The summed E-state index contributed by atoms with van der Waals surface area (Å²) in [7, 11) is 0. The number of aromatic nitrogens is 2. The van der Waals surface area contributed by atoms with Crippen LogP contribution < -0.4 is 10.1 Å². The number of ether oxygens (including phenoxy) is 1.